The highest BCUT2D eigenvalue weighted by Crippen LogP contribution is 2.22. The van der Waals surface area contributed by atoms with Gasteiger partial charge in [0, 0.05) is 30.7 Å². The molecular weight excluding hydrogens is 312 g/mol. The highest BCUT2D eigenvalue weighted by molar-refractivity contribution is 7.13. The Balaban J connectivity index is 1.37. The van der Waals surface area contributed by atoms with Crippen molar-refractivity contribution in [2.75, 3.05) is 18.0 Å². The van der Waals surface area contributed by atoms with Crippen LogP contribution in [-0.2, 0) is 11.3 Å². The fourth-order valence-electron chi connectivity index (χ4n) is 2.87. The molecule has 1 aliphatic heterocycles. The Morgan fingerprint density at radius 1 is 1.39 bits per heavy atom. The van der Waals surface area contributed by atoms with Crippen LogP contribution >= 0.6 is 11.3 Å². The number of rotatable bonds is 4. The van der Waals surface area contributed by atoms with Crippen LogP contribution in [0.2, 0.25) is 0 Å². The quantitative estimate of drug-likeness (QED) is 0.781. The van der Waals surface area contributed by atoms with Gasteiger partial charge in [0.25, 0.3) is 0 Å². The van der Waals surface area contributed by atoms with Crippen LogP contribution < -0.4 is 10.2 Å². The van der Waals surface area contributed by atoms with E-state index in [0.717, 1.165) is 35.7 Å². The maximum absolute atomic E-state index is 12.3. The third-order valence-corrected chi connectivity index (χ3v) is 4.79. The molecular formula is C15H16N6OS. The fourth-order valence-corrected chi connectivity index (χ4v) is 3.55. The van der Waals surface area contributed by atoms with Crippen molar-refractivity contribution in [3.05, 3.63) is 35.8 Å². The molecule has 0 saturated carbocycles. The minimum Gasteiger partial charge on any atom is -0.350 e. The SMILES string of the molecule is O=C(Cn1nnc2ccccc21)NC1CCN(c2nccs2)C1. The van der Waals surface area contributed by atoms with Crippen LogP contribution in [0, 0.1) is 0 Å². The van der Waals surface area contributed by atoms with Gasteiger partial charge in [0.1, 0.15) is 12.1 Å². The largest absolute Gasteiger partial charge is 0.350 e. The molecule has 0 spiro atoms. The number of hydrogen-bond acceptors (Lipinski definition) is 6. The zero-order valence-corrected chi connectivity index (χ0v) is 13.2. The molecule has 0 bridgehead atoms. The van der Waals surface area contributed by atoms with Gasteiger partial charge in [-0.05, 0) is 18.6 Å². The number of para-hydroxylation sites is 1. The Labute approximate surface area is 136 Å². The Bertz CT molecular complexity index is 814. The number of aromatic nitrogens is 4. The summed E-state index contributed by atoms with van der Waals surface area (Å²) in [6, 6.07) is 7.79. The number of hydrogen-bond donors (Lipinski definition) is 1. The first-order chi connectivity index (χ1) is 11.3. The van der Waals surface area contributed by atoms with Gasteiger partial charge in [-0.1, -0.05) is 17.3 Å². The molecule has 4 rings (SSSR count). The highest BCUT2D eigenvalue weighted by Gasteiger charge is 2.25. The first-order valence-electron chi connectivity index (χ1n) is 7.51. The van der Waals surface area contributed by atoms with Crippen molar-refractivity contribution in [2.45, 2.75) is 19.0 Å². The molecule has 0 aliphatic carbocycles. The Morgan fingerprint density at radius 3 is 3.17 bits per heavy atom. The molecule has 1 unspecified atom stereocenters. The van der Waals surface area contributed by atoms with Gasteiger partial charge in [-0.2, -0.15) is 0 Å². The van der Waals surface area contributed by atoms with Crippen molar-refractivity contribution in [1.29, 1.82) is 0 Å². The second-order valence-electron chi connectivity index (χ2n) is 5.55. The minimum atomic E-state index is -0.0355. The van der Waals surface area contributed by atoms with Gasteiger partial charge in [-0.15, -0.1) is 16.4 Å². The average Bonchev–Trinajstić information content (AvgIpc) is 3.27. The van der Waals surface area contributed by atoms with Crippen LogP contribution in [-0.4, -0.2) is 45.0 Å². The summed E-state index contributed by atoms with van der Waals surface area (Å²) in [5.41, 5.74) is 1.68. The van der Waals surface area contributed by atoms with Crippen LogP contribution in [0.3, 0.4) is 0 Å². The average molecular weight is 328 g/mol. The number of benzene rings is 1. The summed E-state index contributed by atoms with van der Waals surface area (Å²) < 4.78 is 1.64. The predicted octanol–water partition coefficient (Wildman–Crippen LogP) is 1.28. The number of anilines is 1. The molecule has 3 heterocycles. The van der Waals surface area contributed by atoms with Crippen molar-refractivity contribution >= 4 is 33.4 Å². The monoisotopic (exact) mass is 328 g/mol. The molecule has 7 nitrogen and oxygen atoms in total. The van der Waals surface area contributed by atoms with Crippen molar-refractivity contribution < 1.29 is 4.79 Å². The molecule has 1 fully saturated rings. The lowest BCUT2D eigenvalue weighted by molar-refractivity contribution is -0.122. The Kier molecular flexibility index (Phi) is 3.66. The van der Waals surface area contributed by atoms with Gasteiger partial charge in [0.05, 0.1) is 5.52 Å². The summed E-state index contributed by atoms with van der Waals surface area (Å²) in [5.74, 6) is -0.0355. The van der Waals surface area contributed by atoms with Crippen molar-refractivity contribution in [1.82, 2.24) is 25.3 Å². The second-order valence-corrected chi connectivity index (χ2v) is 6.42. The van der Waals surface area contributed by atoms with E-state index in [1.807, 2.05) is 35.8 Å². The molecule has 1 N–H and O–H groups in total. The van der Waals surface area contributed by atoms with Crippen molar-refractivity contribution in [2.24, 2.45) is 0 Å². The van der Waals surface area contributed by atoms with E-state index in [2.05, 4.69) is 25.5 Å². The number of carbonyl (C=O) groups is 1. The van der Waals surface area contributed by atoms with E-state index in [1.165, 1.54) is 0 Å². The molecule has 8 heteroatoms. The number of fused-ring (bicyclic) bond motifs is 1. The van der Waals surface area contributed by atoms with E-state index in [9.17, 15) is 4.79 Å². The maximum Gasteiger partial charge on any atom is 0.242 e. The second kappa shape index (κ2) is 5.96. The topological polar surface area (TPSA) is 75.9 Å². The van der Waals surface area contributed by atoms with E-state index in [4.69, 9.17) is 0 Å². The Hall–Kier alpha value is -2.48. The molecule has 23 heavy (non-hydrogen) atoms. The van der Waals surface area contributed by atoms with E-state index < -0.39 is 0 Å². The van der Waals surface area contributed by atoms with E-state index in [0.29, 0.717) is 0 Å². The molecule has 2 aromatic heterocycles. The van der Waals surface area contributed by atoms with Crippen LogP contribution in [0.25, 0.3) is 11.0 Å². The zero-order chi connectivity index (χ0) is 15.6. The third-order valence-electron chi connectivity index (χ3n) is 3.96. The molecule has 1 amide bonds. The lowest BCUT2D eigenvalue weighted by Crippen LogP contribution is -2.39. The molecule has 3 aromatic rings. The predicted molar refractivity (Wildman–Crippen MR) is 88.4 cm³/mol. The standard InChI is InChI=1S/C15H16N6OS/c22-14(10-21-13-4-2-1-3-12(13)18-19-21)17-11-5-7-20(9-11)15-16-6-8-23-15/h1-4,6,8,11H,5,7,9-10H2,(H,17,22). The van der Waals surface area contributed by atoms with Gasteiger partial charge >= 0.3 is 0 Å². The summed E-state index contributed by atoms with van der Waals surface area (Å²) in [6.07, 6.45) is 2.74. The first kappa shape index (κ1) is 14.1. The van der Waals surface area contributed by atoms with Gasteiger partial charge in [-0.3, -0.25) is 4.79 Å². The number of nitrogens with one attached hydrogen (secondary N) is 1. The lowest BCUT2D eigenvalue weighted by atomic mass is 10.2. The molecule has 1 atom stereocenters. The van der Waals surface area contributed by atoms with E-state index in [1.54, 1.807) is 16.0 Å². The molecule has 1 aromatic carbocycles. The molecule has 0 radical (unpaired) electrons. The van der Waals surface area contributed by atoms with Gasteiger partial charge in [-0.25, -0.2) is 9.67 Å². The number of amides is 1. The number of thiazole rings is 1. The lowest BCUT2D eigenvalue weighted by Gasteiger charge is -2.15. The van der Waals surface area contributed by atoms with E-state index >= 15 is 0 Å². The highest BCUT2D eigenvalue weighted by atomic mass is 32.1. The fraction of sp³-hybridized carbons (Fsp3) is 0.333. The summed E-state index contributed by atoms with van der Waals surface area (Å²) >= 11 is 1.63. The normalized spacial score (nSPS) is 17.7. The van der Waals surface area contributed by atoms with Crippen LogP contribution in [0.15, 0.2) is 35.8 Å². The summed E-state index contributed by atoms with van der Waals surface area (Å²) in [4.78, 5) is 18.8. The zero-order valence-electron chi connectivity index (χ0n) is 12.4. The first-order valence-corrected chi connectivity index (χ1v) is 8.39. The van der Waals surface area contributed by atoms with Crippen LogP contribution in [0.1, 0.15) is 6.42 Å². The van der Waals surface area contributed by atoms with Crippen molar-refractivity contribution in [3.8, 4) is 0 Å². The summed E-state index contributed by atoms with van der Waals surface area (Å²) in [6.45, 7) is 1.91. The molecule has 1 saturated heterocycles. The van der Waals surface area contributed by atoms with Crippen molar-refractivity contribution in [3.63, 3.8) is 0 Å². The van der Waals surface area contributed by atoms with Crippen LogP contribution in [0.4, 0.5) is 5.13 Å². The Morgan fingerprint density at radius 2 is 2.30 bits per heavy atom. The number of carbonyl (C=O) groups excluding carboxylic acids is 1. The summed E-state index contributed by atoms with van der Waals surface area (Å²) in [7, 11) is 0. The van der Waals surface area contributed by atoms with Gasteiger partial charge < -0.3 is 10.2 Å². The molecule has 118 valence electrons. The van der Waals surface area contributed by atoms with Crippen LogP contribution in [0.5, 0.6) is 0 Å². The number of nitrogens with zero attached hydrogens (tertiary/aromatic N) is 5. The van der Waals surface area contributed by atoms with E-state index in [-0.39, 0.29) is 18.5 Å². The maximum atomic E-state index is 12.3. The smallest absolute Gasteiger partial charge is 0.242 e. The minimum absolute atomic E-state index is 0.0355. The molecule has 1 aliphatic rings. The summed E-state index contributed by atoms with van der Waals surface area (Å²) in [5, 5.41) is 14.2. The third kappa shape index (κ3) is 2.89. The van der Waals surface area contributed by atoms with Gasteiger partial charge in [0.15, 0.2) is 5.13 Å². The van der Waals surface area contributed by atoms with Gasteiger partial charge in [0.2, 0.25) is 5.91 Å².